The van der Waals surface area contributed by atoms with Gasteiger partial charge in [-0.2, -0.15) is 5.11 Å². The summed E-state index contributed by atoms with van der Waals surface area (Å²) in [6.45, 7) is 4.33. The van der Waals surface area contributed by atoms with Crippen LogP contribution in [0.25, 0.3) is 0 Å². The summed E-state index contributed by atoms with van der Waals surface area (Å²) in [4.78, 5) is 1.91. The van der Waals surface area contributed by atoms with Crippen LogP contribution in [0.5, 0.6) is 0 Å². The first-order valence-corrected chi connectivity index (χ1v) is 5.59. The van der Waals surface area contributed by atoms with Crippen LogP contribution < -0.4 is 0 Å². The summed E-state index contributed by atoms with van der Waals surface area (Å²) in [5.74, 6) is 0. The second kappa shape index (κ2) is 4.72. The van der Waals surface area contributed by atoms with Crippen LogP contribution in [0.1, 0.15) is 11.7 Å². The molecule has 0 radical (unpaired) electrons. The molecule has 5 heteroatoms. The van der Waals surface area contributed by atoms with E-state index in [-0.39, 0.29) is 6.17 Å². The molecule has 1 aromatic rings. The van der Waals surface area contributed by atoms with E-state index in [1.165, 1.54) is 0 Å². The molecule has 0 aromatic heterocycles. The predicted octanol–water partition coefficient (Wildman–Crippen LogP) is 3.58. The van der Waals surface area contributed by atoms with Gasteiger partial charge in [-0.15, -0.1) is 11.7 Å². The van der Waals surface area contributed by atoms with Gasteiger partial charge in [0.05, 0.1) is 0 Å². The molecule has 0 bridgehead atoms. The molecular formula is C11H10ClN3S. The highest BCUT2D eigenvalue weighted by Gasteiger charge is 2.26. The van der Waals surface area contributed by atoms with E-state index in [4.69, 9.17) is 23.8 Å². The Morgan fingerprint density at radius 3 is 2.75 bits per heavy atom. The van der Waals surface area contributed by atoms with Gasteiger partial charge in [-0.1, -0.05) is 29.8 Å². The third-order valence-electron chi connectivity index (χ3n) is 2.29. The number of rotatable bonds is 3. The molecule has 1 aromatic carbocycles. The van der Waals surface area contributed by atoms with Gasteiger partial charge in [0.1, 0.15) is 0 Å². The van der Waals surface area contributed by atoms with Crippen LogP contribution in [0, 0.1) is 0 Å². The highest BCUT2D eigenvalue weighted by atomic mass is 35.5. The standard InChI is InChI=1S/C11H10ClN3S/c1-2-7-15-10(13-14-11(15)16)8-3-5-9(12)6-4-8/h2-6,10H,1,7H2. The number of benzene rings is 1. The van der Waals surface area contributed by atoms with Gasteiger partial charge in [0, 0.05) is 11.6 Å². The summed E-state index contributed by atoms with van der Waals surface area (Å²) in [7, 11) is 0. The van der Waals surface area contributed by atoms with E-state index < -0.39 is 0 Å². The molecule has 2 rings (SSSR count). The quantitative estimate of drug-likeness (QED) is 0.607. The Labute approximate surface area is 104 Å². The highest BCUT2D eigenvalue weighted by Crippen LogP contribution is 2.29. The number of hydrogen-bond donors (Lipinski definition) is 0. The van der Waals surface area contributed by atoms with Crippen molar-refractivity contribution in [3.8, 4) is 0 Å². The first kappa shape index (κ1) is 11.2. The van der Waals surface area contributed by atoms with Crippen molar-refractivity contribution in [3.63, 3.8) is 0 Å². The van der Waals surface area contributed by atoms with Crippen LogP contribution >= 0.6 is 23.8 Å². The van der Waals surface area contributed by atoms with Gasteiger partial charge >= 0.3 is 0 Å². The Morgan fingerprint density at radius 2 is 2.12 bits per heavy atom. The molecule has 0 spiro atoms. The minimum absolute atomic E-state index is 0.150. The van der Waals surface area contributed by atoms with Crippen molar-refractivity contribution < 1.29 is 0 Å². The molecule has 3 nitrogen and oxygen atoms in total. The van der Waals surface area contributed by atoms with Gasteiger partial charge in [-0.3, -0.25) is 0 Å². The van der Waals surface area contributed by atoms with Crippen LogP contribution in [0.4, 0.5) is 0 Å². The number of halogens is 1. The maximum Gasteiger partial charge on any atom is 0.218 e. The molecule has 0 saturated heterocycles. The Kier molecular flexibility index (Phi) is 3.31. The average molecular weight is 252 g/mol. The number of azo groups is 1. The molecule has 0 saturated carbocycles. The van der Waals surface area contributed by atoms with E-state index in [0.29, 0.717) is 16.7 Å². The zero-order valence-electron chi connectivity index (χ0n) is 8.51. The Balaban J connectivity index is 2.26. The number of thiocarbonyl (C=S) groups is 1. The maximum atomic E-state index is 5.83. The monoisotopic (exact) mass is 251 g/mol. The van der Waals surface area contributed by atoms with Crippen molar-refractivity contribution >= 4 is 28.9 Å². The van der Waals surface area contributed by atoms with Crippen molar-refractivity contribution in [1.29, 1.82) is 0 Å². The van der Waals surface area contributed by atoms with Crippen molar-refractivity contribution in [2.45, 2.75) is 6.17 Å². The molecule has 1 unspecified atom stereocenters. The van der Waals surface area contributed by atoms with Crippen LogP contribution in [0.3, 0.4) is 0 Å². The Hall–Kier alpha value is -1.26. The lowest BCUT2D eigenvalue weighted by molar-refractivity contribution is 0.380. The Bertz CT molecular complexity index is 441. The third-order valence-corrected chi connectivity index (χ3v) is 2.86. The van der Waals surface area contributed by atoms with E-state index in [1.54, 1.807) is 6.08 Å². The van der Waals surface area contributed by atoms with Gasteiger partial charge in [0.2, 0.25) is 5.11 Å². The molecule has 0 amide bonds. The molecule has 0 fully saturated rings. The van der Waals surface area contributed by atoms with Gasteiger partial charge < -0.3 is 4.90 Å². The van der Waals surface area contributed by atoms with Crippen LogP contribution in [0.2, 0.25) is 5.02 Å². The summed E-state index contributed by atoms with van der Waals surface area (Å²) in [6, 6.07) is 7.52. The van der Waals surface area contributed by atoms with Crippen LogP contribution in [-0.4, -0.2) is 16.6 Å². The predicted molar refractivity (Wildman–Crippen MR) is 68.6 cm³/mol. The summed E-state index contributed by atoms with van der Waals surface area (Å²) in [6.07, 6.45) is 1.63. The van der Waals surface area contributed by atoms with Crippen LogP contribution in [-0.2, 0) is 0 Å². The number of nitrogens with zero attached hydrogens (tertiary/aromatic N) is 3. The van der Waals surface area contributed by atoms with E-state index in [9.17, 15) is 0 Å². The topological polar surface area (TPSA) is 28.0 Å². The minimum atomic E-state index is -0.150. The molecule has 1 atom stereocenters. The average Bonchev–Trinajstić information content (AvgIpc) is 2.63. The van der Waals surface area contributed by atoms with Gasteiger partial charge in [0.25, 0.3) is 0 Å². The highest BCUT2D eigenvalue weighted by molar-refractivity contribution is 7.80. The lowest BCUT2D eigenvalue weighted by atomic mass is 10.1. The molecule has 1 aliphatic rings. The van der Waals surface area contributed by atoms with Crippen molar-refractivity contribution in [2.24, 2.45) is 10.2 Å². The molecule has 1 heterocycles. The molecule has 1 aliphatic heterocycles. The first-order chi connectivity index (χ1) is 7.72. The summed E-state index contributed by atoms with van der Waals surface area (Å²) in [5.41, 5.74) is 1.02. The van der Waals surface area contributed by atoms with Crippen molar-refractivity contribution in [3.05, 3.63) is 47.5 Å². The van der Waals surface area contributed by atoms with Crippen LogP contribution in [0.15, 0.2) is 47.1 Å². The molecule has 16 heavy (non-hydrogen) atoms. The summed E-state index contributed by atoms with van der Waals surface area (Å²) < 4.78 is 0. The fourth-order valence-corrected chi connectivity index (χ4v) is 1.87. The van der Waals surface area contributed by atoms with E-state index in [2.05, 4.69) is 16.8 Å². The fraction of sp³-hybridized carbons (Fsp3) is 0.182. The van der Waals surface area contributed by atoms with Gasteiger partial charge in [-0.25, -0.2) is 0 Å². The smallest absolute Gasteiger partial charge is 0.218 e. The SMILES string of the molecule is C=CCN1C(=S)N=NC1c1ccc(Cl)cc1. The lowest BCUT2D eigenvalue weighted by Crippen LogP contribution is -2.27. The largest absolute Gasteiger partial charge is 0.315 e. The summed E-state index contributed by atoms with van der Waals surface area (Å²) >= 11 is 10.9. The van der Waals surface area contributed by atoms with Gasteiger partial charge in [0.15, 0.2) is 6.17 Å². The normalized spacial score (nSPS) is 19.2. The minimum Gasteiger partial charge on any atom is -0.315 e. The summed E-state index contributed by atoms with van der Waals surface area (Å²) in [5, 5.41) is 9.26. The number of hydrogen-bond acceptors (Lipinski definition) is 2. The fourth-order valence-electron chi connectivity index (χ4n) is 1.53. The molecule has 82 valence electrons. The second-order valence-corrected chi connectivity index (χ2v) is 4.17. The molecular weight excluding hydrogens is 242 g/mol. The maximum absolute atomic E-state index is 5.83. The van der Waals surface area contributed by atoms with E-state index in [1.807, 2.05) is 29.2 Å². The lowest BCUT2D eigenvalue weighted by Gasteiger charge is -2.21. The first-order valence-electron chi connectivity index (χ1n) is 4.80. The zero-order chi connectivity index (χ0) is 11.5. The van der Waals surface area contributed by atoms with Crippen molar-refractivity contribution in [2.75, 3.05) is 6.54 Å². The van der Waals surface area contributed by atoms with E-state index in [0.717, 1.165) is 5.56 Å². The second-order valence-electron chi connectivity index (χ2n) is 3.36. The molecule has 0 N–H and O–H groups in total. The van der Waals surface area contributed by atoms with Gasteiger partial charge in [-0.05, 0) is 29.9 Å². The zero-order valence-corrected chi connectivity index (χ0v) is 10.1. The van der Waals surface area contributed by atoms with Crippen molar-refractivity contribution in [1.82, 2.24) is 4.90 Å². The molecule has 0 aliphatic carbocycles. The Morgan fingerprint density at radius 1 is 1.44 bits per heavy atom. The third kappa shape index (κ3) is 2.13. The van der Waals surface area contributed by atoms with E-state index >= 15 is 0 Å².